The number of anilines is 1. The summed E-state index contributed by atoms with van der Waals surface area (Å²) in [6.07, 6.45) is 3.71. The molecule has 5 rings (SSSR count). The molecule has 0 spiro atoms. The Hall–Kier alpha value is -2.93. The van der Waals surface area contributed by atoms with Gasteiger partial charge >= 0.3 is 5.97 Å². The van der Waals surface area contributed by atoms with Crippen molar-refractivity contribution < 1.29 is 19.1 Å². The topological polar surface area (TPSA) is 66.9 Å². The van der Waals surface area contributed by atoms with E-state index < -0.39 is 23.8 Å². The Balaban J connectivity index is 1.66. The van der Waals surface area contributed by atoms with Gasteiger partial charge in [-0.05, 0) is 35.4 Å². The van der Waals surface area contributed by atoms with Crippen LogP contribution >= 0.6 is 15.9 Å². The van der Waals surface area contributed by atoms with Crippen LogP contribution in [0.4, 0.5) is 5.69 Å². The summed E-state index contributed by atoms with van der Waals surface area (Å²) in [6, 6.07) is 13.6. The van der Waals surface area contributed by atoms with Crippen molar-refractivity contribution in [2.24, 2.45) is 11.8 Å². The van der Waals surface area contributed by atoms with Crippen LogP contribution in [0.15, 0.2) is 59.2 Å². The maximum atomic E-state index is 13.5. The molecule has 0 aliphatic carbocycles. The van der Waals surface area contributed by atoms with E-state index in [0.29, 0.717) is 5.69 Å². The number of methoxy groups -OCH3 is 1. The van der Waals surface area contributed by atoms with Gasteiger partial charge < -0.3 is 9.64 Å². The van der Waals surface area contributed by atoms with Gasteiger partial charge in [-0.25, -0.2) is 9.69 Å². The normalized spacial score (nSPS) is 27.0. The van der Waals surface area contributed by atoms with Crippen molar-refractivity contribution in [1.82, 2.24) is 4.90 Å². The largest absolute Gasteiger partial charge is 0.467 e. The van der Waals surface area contributed by atoms with Gasteiger partial charge in [-0.3, -0.25) is 9.59 Å². The van der Waals surface area contributed by atoms with E-state index in [1.54, 1.807) is 24.4 Å². The first-order valence-corrected chi connectivity index (χ1v) is 10.1. The maximum absolute atomic E-state index is 13.5. The highest BCUT2D eigenvalue weighted by Gasteiger charge is 2.65. The first-order valence-electron chi connectivity index (χ1n) is 9.28. The zero-order valence-electron chi connectivity index (χ0n) is 15.5. The van der Waals surface area contributed by atoms with Crippen molar-refractivity contribution in [3.63, 3.8) is 0 Å². The third-order valence-electron chi connectivity index (χ3n) is 5.97. The average molecular weight is 453 g/mol. The maximum Gasteiger partial charge on any atom is 0.329 e. The molecule has 146 valence electrons. The quantitative estimate of drug-likeness (QED) is 0.517. The highest BCUT2D eigenvalue weighted by Crippen LogP contribution is 2.53. The summed E-state index contributed by atoms with van der Waals surface area (Å²) in [5.41, 5.74) is 2.42. The van der Waals surface area contributed by atoms with E-state index in [1.807, 2.05) is 41.3 Å². The fourth-order valence-electron chi connectivity index (χ4n) is 4.82. The number of nitrogens with zero attached hydrogens (tertiary/aromatic N) is 2. The minimum absolute atomic E-state index is 0.287. The number of fused-ring (bicyclic) bond motifs is 5. The summed E-state index contributed by atoms with van der Waals surface area (Å²) in [5, 5.41) is 0. The minimum atomic E-state index is -0.840. The van der Waals surface area contributed by atoms with Crippen molar-refractivity contribution in [1.29, 1.82) is 0 Å². The van der Waals surface area contributed by atoms with Crippen LogP contribution in [0.3, 0.4) is 0 Å². The lowest BCUT2D eigenvalue weighted by atomic mass is 9.84. The van der Waals surface area contributed by atoms with Gasteiger partial charge in [0.25, 0.3) is 0 Å². The molecule has 3 aliphatic rings. The van der Waals surface area contributed by atoms with Crippen LogP contribution in [0, 0.1) is 11.8 Å². The van der Waals surface area contributed by atoms with Gasteiger partial charge in [-0.1, -0.05) is 46.3 Å². The van der Waals surface area contributed by atoms with Crippen LogP contribution in [0.2, 0.25) is 0 Å². The van der Waals surface area contributed by atoms with Crippen molar-refractivity contribution in [2.75, 3.05) is 12.0 Å². The minimum Gasteiger partial charge on any atom is -0.467 e. The predicted octanol–water partition coefficient (Wildman–Crippen LogP) is 3.14. The molecule has 2 aromatic carbocycles. The molecular formula is C22H17BrN2O4. The number of hydrogen-bond donors (Lipinski definition) is 0. The van der Waals surface area contributed by atoms with Gasteiger partial charge in [-0.2, -0.15) is 0 Å². The molecule has 2 fully saturated rings. The van der Waals surface area contributed by atoms with Gasteiger partial charge in [0.2, 0.25) is 11.8 Å². The molecule has 0 N–H and O–H groups in total. The Morgan fingerprint density at radius 1 is 1.03 bits per heavy atom. The summed E-state index contributed by atoms with van der Waals surface area (Å²) in [4.78, 5) is 42.7. The number of imide groups is 1. The van der Waals surface area contributed by atoms with Crippen molar-refractivity contribution >= 4 is 45.5 Å². The zero-order chi connectivity index (χ0) is 20.3. The molecule has 29 heavy (non-hydrogen) atoms. The van der Waals surface area contributed by atoms with Crippen molar-refractivity contribution in [2.45, 2.75) is 12.1 Å². The molecule has 4 atom stereocenters. The van der Waals surface area contributed by atoms with Crippen LogP contribution < -0.4 is 4.90 Å². The number of esters is 1. The second-order valence-electron chi connectivity index (χ2n) is 7.35. The van der Waals surface area contributed by atoms with Gasteiger partial charge in [0, 0.05) is 10.7 Å². The number of benzene rings is 2. The lowest BCUT2D eigenvalue weighted by molar-refractivity contribution is -0.148. The molecule has 0 radical (unpaired) electrons. The summed E-state index contributed by atoms with van der Waals surface area (Å²) in [7, 11) is 1.31. The second kappa shape index (κ2) is 6.56. The molecule has 6 nitrogen and oxygen atoms in total. The average Bonchev–Trinajstić information content (AvgIpc) is 3.20. The number of hydrogen-bond acceptors (Lipinski definition) is 5. The third kappa shape index (κ3) is 2.50. The standard InChI is InChI=1S/C22H17BrN2O4/c1-29-22(28)19-17-16(18-15-8-3-2-5-12(15)9-10-24(18)19)20(26)25(21(17)27)14-7-4-6-13(23)11-14/h2-11,16-19H,1H3. The van der Waals surface area contributed by atoms with Gasteiger partial charge in [0.15, 0.2) is 0 Å². The van der Waals surface area contributed by atoms with Crippen LogP contribution in [-0.2, 0) is 19.1 Å². The predicted molar refractivity (Wildman–Crippen MR) is 109 cm³/mol. The molecule has 3 heterocycles. The molecule has 0 saturated carbocycles. The van der Waals surface area contributed by atoms with E-state index in [2.05, 4.69) is 15.9 Å². The number of rotatable bonds is 2. The van der Waals surface area contributed by atoms with Crippen LogP contribution in [0.1, 0.15) is 17.2 Å². The van der Waals surface area contributed by atoms with Crippen LogP contribution in [0.5, 0.6) is 0 Å². The van der Waals surface area contributed by atoms with Gasteiger partial charge in [0.05, 0.1) is 30.7 Å². The van der Waals surface area contributed by atoms with E-state index >= 15 is 0 Å². The number of halogens is 1. The van der Waals surface area contributed by atoms with Crippen LogP contribution in [-0.4, -0.2) is 35.8 Å². The SMILES string of the molecule is COC(=O)C1C2C(=O)N(c3cccc(Br)c3)C(=O)C2C2c3ccccc3C=CN12. The Labute approximate surface area is 175 Å². The van der Waals surface area contributed by atoms with E-state index in [9.17, 15) is 14.4 Å². The lowest BCUT2D eigenvalue weighted by Crippen LogP contribution is -2.44. The van der Waals surface area contributed by atoms with Crippen molar-refractivity contribution in [3.8, 4) is 0 Å². The highest BCUT2D eigenvalue weighted by atomic mass is 79.9. The first kappa shape index (κ1) is 18.1. The molecule has 0 aromatic heterocycles. The fraction of sp³-hybridized carbons (Fsp3) is 0.227. The number of ether oxygens (including phenoxy) is 1. The van der Waals surface area contributed by atoms with E-state index in [4.69, 9.17) is 4.74 Å². The smallest absolute Gasteiger partial charge is 0.329 e. The Morgan fingerprint density at radius 3 is 2.55 bits per heavy atom. The van der Waals surface area contributed by atoms with E-state index in [-0.39, 0.29) is 17.9 Å². The number of carbonyl (C=O) groups excluding carboxylic acids is 3. The molecule has 3 aliphatic heterocycles. The molecule has 4 unspecified atom stereocenters. The van der Waals surface area contributed by atoms with E-state index in [1.165, 1.54) is 12.0 Å². The Kier molecular flexibility index (Phi) is 4.10. The fourth-order valence-corrected chi connectivity index (χ4v) is 5.20. The second-order valence-corrected chi connectivity index (χ2v) is 8.26. The summed E-state index contributed by atoms with van der Waals surface area (Å²) < 4.78 is 5.79. The lowest BCUT2D eigenvalue weighted by Gasteiger charge is -2.34. The Morgan fingerprint density at radius 2 is 1.79 bits per heavy atom. The number of carbonyl (C=O) groups is 3. The zero-order valence-corrected chi connectivity index (χ0v) is 17.1. The molecule has 7 heteroatoms. The monoisotopic (exact) mass is 452 g/mol. The molecular weight excluding hydrogens is 436 g/mol. The molecule has 2 saturated heterocycles. The van der Waals surface area contributed by atoms with Gasteiger partial charge in [-0.15, -0.1) is 0 Å². The summed E-state index contributed by atoms with van der Waals surface area (Å²) >= 11 is 3.39. The highest BCUT2D eigenvalue weighted by molar-refractivity contribution is 9.10. The van der Waals surface area contributed by atoms with Crippen LogP contribution in [0.25, 0.3) is 6.08 Å². The third-order valence-corrected chi connectivity index (χ3v) is 6.46. The van der Waals surface area contributed by atoms with Crippen molar-refractivity contribution in [3.05, 3.63) is 70.3 Å². The Bertz CT molecular complexity index is 1080. The van der Waals surface area contributed by atoms with Gasteiger partial charge in [0.1, 0.15) is 6.04 Å². The molecule has 2 amide bonds. The van der Waals surface area contributed by atoms with E-state index in [0.717, 1.165) is 15.6 Å². The summed E-state index contributed by atoms with van der Waals surface area (Å²) in [5.74, 6) is -2.62. The first-order chi connectivity index (χ1) is 14.0. The molecule has 2 aromatic rings. The number of amides is 2. The summed E-state index contributed by atoms with van der Waals surface area (Å²) in [6.45, 7) is 0. The molecule has 0 bridgehead atoms.